The number of fused-ring (bicyclic) bond motifs is 4. The van der Waals surface area contributed by atoms with Crippen molar-refractivity contribution in [3.05, 3.63) is 221 Å². The Balaban J connectivity index is 0.00000706. The largest absolute Gasteiger partial charge is 0.509 e. The van der Waals surface area contributed by atoms with Gasteiger partial charge in [-0.25, -0.2) is 4.98 Å². The Morgan fingerprint density at radius 3 is 1.55 bits per heavy atom. The average molecular weight is 1180 g/mol. The number of benzene rings is 7. The number of pyridine rings is 1. The first kappa shape index (κ1) is 54.4. The molecular weight excluding hydrogens is 1110 g/mol. The van der Waals surface area contributed by atoms with Crippen molar-refractivity contribution in [2.24, 2.45) is 0 Å². The number of aromatic nitrogens is 2. The molecule has 1 aliphatic rings. The third-order valence-electron chi connectivity index (χ3n) is 15.8. The molecule has 0 aliphatic carbocycles. The second-order valence-electron chi connectivity index (χ2n) is 26.1. The van der Waals surface area contributed by atoms with Crippen LogP contribution in [0.15, 0.2) is 158 Å². The van der Waals surface area contributed by atoms with Gasteiger partial charge in [0.15, 0.2) is 0 Å². The summed E-state index contributed by atoms with van der Waals surface area (Å²) in [4.78, 5) is 9.71. The van der Waals surface area contributed by atoms with Crippen LogP contribution in [0.3, 0.4) is 0 Å². The first-order valence-corrected chi connectivity index (χ1v) is 26.8. The molecule has 0 fully saturated rings. The molecule has 0 atom stereocenters. The Labute approximate surface area is 468 Å². The fraction of sp³-hybridized carbons (Fsp3) is 0.314. The summed E-state index contributed by atoms with van der Waals surface area (Å²) < 4.78 is 9.32. The van der Waals surface area contributed by atoms with Gasteiger partial charge in [-0.05, 0) is 108 Å². The summed E-state index contributed by atoms with van der Waals surface area (Å²) in [5, 5.41) is 2.23. The summed E-state index contributed by atoms with van der Waals surface area (Å²) >= 11 is 0. The van der Waals surface area contributed by atoms with Crippen LogP contribution in [0.4, 0.5) is 22.7 Å². The molecule has 3 heterocycles. The van der Waals surface area contributed by atoms with Crippen molar-refractivity contribution in [3.8, 4) is 17.3 Å². The van der Waals surface area contributed by atoms with Crippen LogP contribution in [0.25, 0.3) is 27.6 Å². The predicted molar refractivity (Wildman–Crippen MR) is 316 cm³/mol. The molecule has 10 rings (SSSR count). The molecule has 0 saturated heterocycles. The van der Waals surface area contributed by atoms with Crippen molar-refractivity contribution in [2.45, 2.75) is 143 Å². The van der Waals surface area contributed by atoms with Crippen LogP contribution < -0.4 is 14.5 Å². The zero-order valence-electron chi connectivity index (χ0n) is 47.6. The SMILES string of the molecule is CC(C)(C)c1cc(Oc2[c-]c3c(cc2)c2cc(C(C)(C)c4ccccc4)ccc2n3-c2cc(C(C)(C)C)ccn2)[c-]c(N2[CH-]N(c3cc(C(C)(C)C)cc(C(C)(C)C)c3)c3ccc(C(C)(C)c4ccccc4)cc32)c1.[Pt]. The van der Waals surface area contributed by atoms with E-state index in [4.69, 9.17) is 9.72 Å². The molecule has 76 heavy (non-hydrogen) atoms. The zero-order valence-corrected chi connectivity index (χ0v) is 49.9. The van der Waals surface area contributed by atoms with Crippen molar-refractivity contribution in [1.82, 2.24) is 9.55 Å². The smallest absolute Gasteiger partial charge is 0.135 e. The third-order valence-corrected chi connectivity index (χ3v) is 15.8. The van der Waals surface area contributed by atoms with Crippen LogP contribution in [-0.2, 0) is 53.6 Å². The van der Waals surface area contributed by atoms with Crippen molar-refractivity contribution in [1.29, 1.82) is 0 Å². The molecule has 6 heteroatoms. The third kappa shape index (κ3) is 10.3. The first-order valence-electron chi connectivity index (χ1n) is 26.8. The number of hydrogen-bond acceptors (Lipinski definition) is 4. The summed E-state index contributed by atoms with van der Waals surface area (Å²) in [6.45, 7) is 38.9. The Hall–Kier alpha value is -6.42. The Bertz CT molecular complexity index is 3560. The minimum Gasteiger partial charge on any atom is -0.509 e. The molecule has 5 nitrogen and oxygen atoms in total. The van der Waals surface area contributed by atoms with Gasteiger partial charge >= 0.3 is 0 Å². The maximum Gasteiger partial charge on any atom is 0.135 e. The Morgan fingerprint density at radius 2 is 0.974 bits per heavy atom. The minimum absolute atomic E-state index is 0. The fourth-order valence-corrected chi connectivity index (χ4v) is 10.5. The Morgan fingerprint density at radius 1 is 0.421 bits per heavy atom. The van der Waals surface area contributed by atoms with Gasteiger partial charge in [0, 0.05) is 72.2 Å². The number of ether oxygens (including phenoxy) is 1. The predicted octanol–water partition coefficient (Wildman–Crippen LogP) is 18.8. The van der Waals surface area contributed by atoms with Crippen molar-refractivity contribution < 1.29 is 25.8 Å². The van der Waals surface area contributed by atoms with Crippen LogP contribution in [0, 0.1) is 18.8 Å². The molecule has 0 spiro atoms. The summed E-state index contributed by atoms with van der Waals surface area (Å²) in [6.07, 6.45) is 1.93. The van der Waals surface area contributed by atoms with E-state index in [0.717, 1.165) is 55.9 Å². The summed E-state index contributed by atoms with van der Waals surface area (Å²) in [6, 6.07) is 63.3. The number of rotatable bonds is 9. The van der Waals surface area contributed by atoms with E-state index in [1.807, 2.05) is 6.20 Å². The molecule has 0 amide bonds. The maximum absolute atomic E-state index is 7.07. The average Bonchev–Trinajstić information content (AvgIpc) is 3.96. The molecule has 0 N–H and O–H groups in total. The van der Waals surface area contributed by atoms with E-state index in [-0.39, 0.29) is 53.6 Å². The van der Waals surface area contributed by atoms with Gasteiger partial charge in [0.1, 0.15) is 5.82 Å². The summed E-state index contributed by atoms with van der Waals surface area (Å²) in [7, 11) is 0. The quantitative estimate of drug-likeness (QED) is 0.135. The van der Waals surface area contributed by atoms with E-state index in [1.165, 1.54) is 38.9 Å². The Kier molecular flexibility index (Phi) is 14.0. The summed E-state index contributed by atoms with van der Waals surface area (Å²) in [5.41, 5.74) is 15.3. The number of anilines is 4. The monoisotopic (exact) mass is 1180 g/mol. The van der Waals surface area contributed by atoms with Gasteiger partial charge < -0.3 is 19.1 Å². The molecule has 0 bridgehead atoms. The summed E-state index contributed by atoms with van der Waals surface area (Å²) in [5.74, 6) is 2.07. The molecule has 0 unspecified atom stereocenters. The fourth-order valence-electron chi connectivity index (χ4n) is 10.5. The van der Waals surface area contributed by atoms with E-state index >= 15 is 0 Å². The second-order valence-corrected chi connectivity index (χ2v) is 26.1. The van der Waals surface area contributed by atoms with Crippen LogP contribution in [0.1, 0.15) is 155 Å². The normalized spacial score (nSPS) is 13.6. The first-order chi connectivity index (χ1) is 35.2. The van der Waals surface area contributed by atoms with Gasteiger partial charge in [-0.1, -0.05) is 201 Å². The van der Waals surface area contributed by atoms with Crippen LogP contribution in [0.2, 0.25) is 0 Å². The van der Waals surface area contributed by atoms with Crippen molar-refractivity contribution in [2.75, 3.05) is 9.80 Å². The van der Waals surface area contributed by atoms with E-state index in [9.17, 15) is 0 Å². The molecule has 0 saturated carbocycles. The van der Waals surface area contributed by atoms with Crippen LogP contribution in [-0.4, -0.2) is 9.55 Å². The molecule has 7 aromatic carbocycles. The zero-order chi connectivity index (χ0) is 53.6. The van der Waals surface area contributed by atoms with Crippen molar-refractivity contribution >= 4 is 44.6 Å². The van der Waals surface area contributed by atoms with Crippen LogP contribution in [0.5, 0.6) is 11.5 Å². The number of nitrogens with zero attached hydrogens (tertiary/aromatic N) is 4. The topological polar surface area (TPSA) is 33.5 Å². The van der Waals surface area contributed by atoms with Crippen LogP contribution >= 0.6 is 0 Å². The molecule has 394 valence electrons. The maximum atomic E-state index is 7.07. The second kappa shape index (κ2) is 19.5. The van der Waals surface area contributed by atoms with Gasteiger partial charge in [-0.15, -0.1) is 53.6 Å². The minimum atomic E-state index is -0.258. The van der Waals surface area contributed by atoms with E-state index in [0.29, 0.717) is 11.5 Å². The van der Waals surface area contributed by atoms with Gasteiger partial charge in [-0.3, -0.25) is 0 Å². The molecule has 9 aromatic rings. The standard InChI is InChI=1S/C70H75N4O.Pt/c1-65(2,3)48-33-34-71-64(42-48)74-60-31-27-49(69(13,14)46-23-19-17-20-24-46)40-59(60)58-30-29-56(44-62(58)74)75-57-39-53(68(10,11)12)38-55(43-57)73-45-72(54-36-51(66(4,5)6)35-52(37-54)67(7,8)9)61-32-28-50(41-63(61)73)70(15,16)47-25-21-18-22-26-47;/h17-42,45H,1-16H3;/q-3;. The number of hydrogen-bond donors (Lipinski definition) is 0. The molecular formula is C70H75N4OPt-3. The molecule has 2 aromatic heterocycles. The van der Waals surface area contributed by atoms with Crippen molar-refractivity contribution in [3.63, 3.8) is 0 Å². The van der Waals surface area contributed by atoms with Gasteiger partial charge in [0.2, 0.25) is 0 Å². The van der Waals surface area contributed by atoms with E-state index < -0.39 is 0 Å². The molecule has 0 radical (unpaired) electrons. The van der Waals surface area contributed by atoms with Gasteiger partial charge in [-0.2, -0.15) is 6.07 Å². The van der Waals surface area contributed by atoms with E-state index in [2.05, 4.69) is 296 Å². The van der Waals surface area contributed by atoms with Gasteiger partial charge in [0.25, 0.3) is 0 Å². The van der Waals surface area contributed by atoms with Gasteiger partial charge in [0.05, 0.1) is 0 Å². The molecule has 1 aliphatic heterocycles. The van der Waals surface area contributed by atoms with E-state index in [1.54, 1.807) is 0 Å².